The maximum atomic E-state index is 14.8. The van der Waals surface area contributed by atoms with Crippen LogP contribution < -0.4 is 10.1 Å². The van der Waals surface area contributed by atoms with Crippen LogP contribution in [0.5, 0.6) is 5.75 Å². The van der Waals surface area contributed by atoms with E-state index >= 15 is 0 Å². The van der Waals surface area contributed by atoms with Gasteiger partial charge in [-0.1, -0.05) is 0 Å². The molecule has 0 saturated heterocycles. The zero-order chi connectivity index (χ0) is 26.0. The van der Waals surface area contributed by atoms with Gasteiger partial charge in [0.05, 0.1) is 0 Å². The number of aryl methyl sites for hydroxylation is 1. The van der Waals surface area contributed by atoms with E-state index in [1.807, 2.05) is 6.92 Å². The Balaban J connectivity index is 1.69. The molecule has 2 amide bonds. The van der Waals surface area contributed by atoms with Crippen LogP contribution in [0.3, 0.4) is 0 Å². The lowest BCUT2D eigenvalue weighted by Crippen LogP contribution is -2.45. The topological polar surface area (TPSA) is 78.9 Å². The van der Waals surface area contributed by atoms with Crippen LogP contribution in [-0.2, 0) is 17.6 Å². The van der Waals surface area contributed by atoms with Crippen molar-refractivity contribution in [1.82, 2.24) is 4.90 Å². The zero-order valence-corrected chi connectivity index (χ0v) is 20.2. The molecule has 0 radical (unpaired) electrons. The van der Waals surface area contributed by atoms with Crippen LogP contribution in [0.25, 0.3) is 0 Å². The number of hydrogen-bond donors (Lipinski definition) is 2. The Bertz CT molecular complexity index is 1090. The Kier molecular flexibility index (Phi) is 7.88. The number of benzene rings is 2. The van der Waals surface area contributed by atoms with Crippen molar-refractivity contribution < 1.29 is 37.0 Å². The summed E-state index contributed by atoms with van der Waals surface area (Å²) < 4.78 is 54.4. The number of likely N-dealkylation sites (N-methyl/N-ethyl adjacent to an activating group) is 1. The van der Waals surface area contributed by atoms with Crippen molar-refractivity contribution in [3.8, 4) is 5.75 Å². The molecule has 2 N–H and O–H groups in total. The van der Waals surface area contributed by atoms with Crippen LogP contribution in [0, 0.1) is 5.82 Å². The molecule has 1 aliphatic rings. The van der Waals surface area contributed by atoms with Gasteiger partial charge in [-0.2, -0.15) is 0 Å². The van der Waals surface area contributed by atoms with Gasteiger partial charge >= 0.3 is 18.4 Å². The molecular formula is C24H26F4N2O4S. The molecule has 6 nitrogen and oxygen atoms in total. The van der Waals surface area contributed by atoms with Gasteiger partial charge in [-0.25, -0.2) is 9.18 Å². The number of halogens is 4. The number of aliphatic carboxylic acids is 1. The van der Waals surface area contributed by atoms with Crippen molar-refractivity contribution in [3.63, 3.8) is 0 Å². The van der Waals surface area contributed by atoms with Crippen LogP contribution in [0.4, 0.5) is 28.0 Å². The number of hydrogen-bond acceptors (Lipinski definition) is 4. The van der Waals surface area contributed by atoms with Gasteiger partial charge in [0.1, 0.15) is 16.3 Å². The summed E-state index contributed by atoms with van der Waals surface area (Å²) in [5.74, 6) is -1.93. The first kappa shape index (κ1) is 26.7. The number of nitrogens with zero attached hydrogens (tertiary/aromatic N) is 1. The number of thioether (sulfide) groups is 1. The molecule has 1 atom stereocenters. The van der Waals surface area contributed by atoms with Gasteiger partial charge in [0.25, 0.3) is 0 Å². The highest BCUT2D eigenvalue weighted by Gasteiger charge is 2.33. The number of urea groups is 1. The first-order valence-corrected chi connectivity index (χ1v) is 11.8. The molecule has 0 saturated carbocycles. The molecule has 11 heteroatoms. The number of ether oxygens (including phenoxy) is 1. The molecule has 2 aromatic carbocycles. The molecule has 0 heterocycles. The van der Waals surface area contributed by atoms with Crippen LogP contribution in [-0.4, -0.2) is 45.7 Å². The molecule has 35 heavy (non-hydrogen) atoms. The Morgan fingerprint density at radius 2 is 1.83 bits per heavy atom. The molecule has 3 rings (SSSR count). The van der Waals surface area contributed by atoms with Gasteiger partial charge < -0.3 is 20.1 Å². The first-order valence-electron chi connectivity index (χ1n) is 11.0. The van der Waals surface area contributed by atoms with Gasteiger partial charge in [-0.15, -0.1) is 24.9 Å². The highest BCUT2D eigenvalue weighted by atomic mass is 32.2. The Labute approximate surface area is 204 Å². The second-order valence-electron chi connectivity index (χ2n) is 8.65. The zero-order valence-electron chi connectivity index (χ0n) is 19.4. The second kappa shape index (κ2) is 10.3. The fourth-order valence-corrected chi connectivity index (χ4v) is 4.90. The highest BCUT2D eigenvalue weighted by molar-refractivity contribution is 8.01. The van der Waals surface area contributed by atoms with E-state index in [4.69, 9.17) is 0 Å². The van der Waals surface area contributed by atoms with Crippen molar-refractivity contribution in [2.75, 3.05) is 11.9 Å². The summed E-state index contributed by atoms with van der Waals surface area (Å²) in [6.07, 6.45) is -3.15. The summed E-state index contributed by atoms with van der Waals surface area (Å²) in [6, 6.07) is 7.34. The maximum absolute atomic E-state index is 14.8. The monoisotopic (exact) mass is 514 g/mol. The summed E-state index contributed by atoms with van der Waals surface area (Å²) in [4.78, 5) is 26.2. The summed E-state index contributed by atoms with van der Waals surface area (Å²) in [5, 5.41) is 12.0. The van der Waals surface area contributed by atoms with Crippen molar-refractivity contribution in [2.24, 2.45) is 0 Å². The van der Waals surface area contributed by atoms with Gasteiger partial charge in [0.2, 0.25) is 0 Å². The largest absolute Gasteiger partial charge is 0.573 e. The van der Waals surface area contributed by atoms with Crippen molar-refractivity contribution in [2.45, 2.75) is 62.1 Å². The lowest BCUT2D eigenvalue weighted by Gasteiger charge is -2.35. The molecular weight excluding hydrogens is 488 g/mol. The summed E-state index contributed by atoms with van der Waals surface area (Å²) in [5.41, 5.74) is 1.99. The van der Waals surface area contributed by atoms with E-state index in [9.17, 15) is 32.3 Å². The van der Waals surface area contributed by atoms with E-state index in [1.54, 1.807) is 11.0 Å². The molecule has 0 spiro atoms. The minimum Gasteiger partial charge on any atom is -0.480 e. The fourth-order valence-electron chi connectivity index (χ4n) is 3.90. The van der Waals surface area contributed by atoms with E-state index in [0.29, 0.717) is 31.5 Å². The third-order valence-electron chi connectivity index (χ3n) is 5.72. The van der Waals surface area contributed by atoms with E-state index in [-0.39, 0.29) is 10.9 Å². The number of fused-ring (bicyclic) bond motifs is 1. The quantitative estimate of drug-likeness (QED) is 0.345. The average Bonchev–Trinajstić information content (AvgIpc) is 2.75. The number of nitrogens with one attached hydrogen (secondary N) is 1. The normalized spacial score (nSPS) is 15.8. The third-order valence-corrected chi connectivity index (χ3v) is 6.94. The standard InChI is InChI=1S/C24H26F4N2O4S/c1-4-30(22(33)29-16-6-9-18(10-7-16)34-24(26,27)28)17-8-5-14-13-20(19(25)12-15(14)11-17)35-23(2,3)21(31)32/h6-7,9-10,12-13,17H,4-5,8,11H2,1-3H3,(H,29,33)(H,31,32)/t17-/m1/s1. The van der Waals surface area contributed by atoms with E-state index in [1.165, 1.54) is 32.0 Å². The van der Waals surface area contributed by atoms with Gasteiger partial charge in [-0.05, 0) is 87.6 Å². The number of carboxylic acid groups (broad SMARTS) is 1. The van der Waals surface area contributed by atoms with E-state index < -0.39 is 34.7 Å². The molecule has 0 unspecified atom stereocenters. The lowest BCUT2D eigenvalue weighted by molar-refractivity contribution is -0.274. The van der Waals surface area contributed by atoms with E-state index in [2.05, 4.69) is 10.1 Å². The van der Waals surface area contributed by atoms with Crippen molar-refractivity contribution in [3.05, 3.63) is 53.3 Å². The Hall–Kier alpha value is -2.95. The predicted molar refractivity (Wildman–Crippen MR) is 124 cm³/mol. The molecule has 190 valence electrons. The van der Waals surface area contributed by atoms with Crippen LogP contribution in [0.1, 0.15) is 38.3 Å². The Morgan fingerprint density at radius 3 is 2.40 bits per heavy atom. The fraction of sp³-hybridized carbons (Fsp3) is 0.417. The lowest BCUT2D eigenvalue weighted by atomic mass is 9.87. The van der Waals surface area contributed by atoms with Crippen LogP contribution in [0.15, 0.2) is 41.3 Å². The molecule has 0 aliphatic heterocycles. The van der Waals surface area contributed by atoms with Gasteiger partial charge in [0, 0.05) is 23.2 Å². The first-order chi connectivity index (χ1) is 16.3. The molecule has 2 aromatic rings. The minimum absolute atomic E-state index is 0.200. The molecule has 1 aliphatic carbocycles. The smallest absolute Gasteiger partial charge is 0.480 e. The number of carbonyl (C=O) groups excluding carboxylic acids is 1. The third kappa shape index (κ3) is 6.81. The Morgan fingerprint density at radius 1 is 1.17 bits per heavy atom. The summed E-state index contributed by atoms with van der Waals surface area (Å²) in [6.45, 7) is 5.22. The number of carbonyl (C=O) groups is 2. The van der Waals surface area contributed by atoms with Gasteiger partial charge in [0.15, 0.2) is 0 Å². The number of rotatable bonds is 7. The molecule has 0 fully saturated rings. The number of alkyl halides is 3. The molecule has 0 aromatic heterocycles. The van der Waals surface area contributed by atoms with Crippen molar-refractivity contribution in [1.29, 1.82) is 0 Å². The number of anilines is 1. The van der Waals surface area contributed by atoms with Crippen LogP contribution >= 0.6 is 11.8 Å². The average molecular weight is 515 g/mol. The van der Waals surface area contributed by atoms with Crippen molar-refractivity contribution >= 4 is 29.4 Å². The highest BCUT2D eigenvalue weighted by Crippen LogP contribution is 2.37. The second-order valence-corrected chi connectivity index (χ2v) is 10.3. The number of carboxylic acids is 1. The predicted octanol–water partition coefficient (Wildman–Crippen LogP) is 6.09. The maximum Gasteiger partial charge on any atom is 0.573 e. The van der Waals surface area contributed by atoms with Crippen LogP contribution in [0.2, 0.25) is 0 Å². The van der Waals surface area contributed by atoms with Gasteiger partial charge in [-0.3, -0.25) is 4.79 Å². The SMILES string of the molecule is CCN(C(=O)Nc1ccc(OC(F)(F)F)cc1)[C@@H]1CCc2cc(SC(C)(C)C(=O)O)c(F)cc2C1. The number of amides is 2. The minimum atomic E-state index is -4.80. The summed E-state index contributed by atoms with van der Waals surface area (Å²) >= 11 is 0.955. The molecule has 0 bridgehead atoms. The summed E-state index contributed by atoms with van der Waals surface area (Å²) in [7, 11) is 0. The van der Waals surface area contributed by atoms with E-state index in [0.717, 1.165) is 35.0 Å².